The van der Waals surface area contributed by atoms with Crippen molar-refractivity contribution in [3.8, 4) is 0 Å². The zero-order valence-corrected chi connectivity index (χ0v) is 7.34. The topological polar surface area (TPSA) is 79.2 Å². The highest BCUT2D eigenvalue weighted by atomic mass is 16.7. The fraction of sp³-hybridized carbons (Fsp3) is 0.857. The standard InChI is InChI=1S/C7H13NO5/c1-12-4-13-6-3-8(7(10)11)2-5(6)9/h5-6,9H,2-4H2,1H3,(H,10,11). The van der Waals surface area contributed by atoms with Crippen LogP contribution in [-0.4, -0.2) is 60.4 Å². The predicted octanol–water partition coefficient (Wildman–Crippen LogP) is -0.670. The van der Waals surface area contributed by atoms with Gasteiger partial charge in [-0.2, -0.15) is 0 Å². The SMILES string of the molecule is COCOC1CN(C(=O)O)CC1O. The van der Waals surface area contributed by atoms with E-state index in [-0.39, 0.29) is 19.9 Å². The molecule has 2 atom stereocenters. The van der Waals surface area contributed by atoms with Gasteiger partial charge in [0.1, 0.15) is 12.9 Å². The Morgan fingerprint density at radius 1 is 1.62 bits per heavy atom. The van der Waals surface area contributed by atoms with Gasteiger partial charge < -0.3 is 24.6 Å². The summed E-state index contributed by atoms with van der Waals surface area (Å²) in [5, 5.41) is 18.0. The van der Waals surface area contributed by atoms with Gasteiger partial charge in [-0.3, -0.25) is 0 Å². The first-order chi connectivity index (χ1) is 6.15. The lowest BCUT2D eigenvalue weighted by Crippen LogP contribution is -2.28. The van der Waals surface area contributed by atoms with Crippen LogP contribution in [0.2, 0.25) is 0 Å². The average Bonchev–Trinajstić information content (AvgIpc) is 2.44. The second kappa shape index (κ2) is 4.40. The zero-order chi connectivity index (χ0) is 9.84. The maximum absolute atomic E-state index is 10.5. The number of aliphatic hydroxyl groups excluding tert-OH is 1. The van der Waals surface area contributed by atoms with Crippen LogP contribution in [0.25, 0.3) is 0 Å². The van der Waals surface area contributed by atoms with Gasteiger partial charge in [0.15, 0.2) is 0 Å². The van der Waals surface area contributed by atoms with Crippen molar-refractivity contribution in [2.45, 2.75) is 12.2 Å². The van der Waals surface area contributed by atoms with E-state index in [1.807, 2.05) is 0 Å². The van der Waals surface area contributed by atoms with Crippen molar-refractivity contribution >= 4 is 6.09 Å². The molecule has 0 aromatic rings. The first kappa shape index (κ1) is 10.2. The van der Waals surface area contributed by atoms with Gasteiger partial charge in [-0.25, -0.2) is 4.79 Å². The molecule has 76 valence electrons. The Morgan fingerprint density at radius 2 is 2.31 bits per heavy atom. The largest absolute Gasteiger partial charge is 0.465 e. The molecule has 0 radical (unpaired) electrons. The zero-order valence-electron chi connectivity index (χ0n) is 7.34. The van der Waals surface area contributed by atoms with Crippen LogP contribution in [-0.2, 0) is 9.47 Å². The summed E-state index contributed by atoms with van der Waals surface area (Å²) in [4.78, 5) is 11.6. The van der Waals surface area contributed by atoms with Crippen LogP contribution < -0.4 is 0 Å². The summed E-state index contributed by atoms with van der Waals surface area (Å²) in [6.45, 7) is 0.360. The molecule has 2 unspecified atom stereocenters. The third kappa shape index (κ3) is 2.55. The normalized spacial score (nSPS) is 28.0. The molecule has 6 heteroatoms. The lowest BCUT2D eigenvalue weighted by atomic mass is 10.3. The summed E-state index contributed by atoms with van der Waals surface area (Å²) >= 11 is 0. The number of aliphatic hydroxyl groups is 1. The van der Waals surface area contributed by atoms with Crippen molar-refractivity contribution in [2.24, 2.45) is 0 Å². The molecule has 0 aromatic heterocycles. The van der Waals surface area contributed by atoms with Crippen LogP contribution in [0.1, 0.15) is 0 Å². The molecule has 1 amide bonds. The molecule has 0 aromatic carbocycles. The fourth-order valence-electron chi connectivity index (χ4n) is 1.23. The molecule has 0 saturated carbocycles. The van der Waals surface area contributed by atoms with E-state index in [0.717, 1.165) is 4.90 Å². The van der Waals surface area contributed by atoms with Crippen molar-refractivity contribution in [1.82, 2.24) is 4.90 Å². The molecular formula is C7H13NO5. The highest BCUT2D eigenvalue weighted by Gasteiger charge is 2.34. The van der Waals surface area contributed by atoms with E-state index in [1.54, 1.807) is 0 Å². The second-order valence-electron chi connectivity index (χ2n) is 2.87. The number of nitrogens with zero attached hydrogens (tertiary/aromatic N) is 1. The number of ether oxygens (including phenoxy) is 2. The Kier molecular flexibility index (Phi) is 3.47. The van der Waals surface area contributed by atoms with Gasteiger partial charge in [-0.05, 0) is 0 Å². The first-order valence-electron chi connectivity index (χ1n) is 3.91. The molecule has 1 rings (SSSR count). The number of hydrogen-bond donors (Lipinski definition) is 2. The predicted molar refractivity (Wildman–Crippen MR) is 42.4 cm³/mol. The Balaban J connectivity index is 2.37. The molecule has 1 fully saturated rings. The van der Waals surface area contributed by atoms with E-state index in [9.17, 15) is 9.90 Å². The first-order valence-corrected chi connectivity index (χ1v) is 3.91. The minimum Gasteiger partial charge on any atom is -0.465 e. The molecular weight excluding hydrogens is 178 g/mol. The van der Waals surface area contributed by atoms with Gasteiger partial charge >= 0.3 is 6.09 Å². The molecule has 13 heavy (non-hydrogen) atoms. The van der Waals surface area contributed by atoms with Gasteiger partial charge in [-0.15, -0.1) is 0 Å². The Labute approximate surface area is 75.7 Å². The number of β-amino-alcohol motifs (C(OH)–C–C–N with tert-alkyl or cyclic N) is 1. The molecule has 0 bridgehead atoms. The summed E-state index contributed by atoms with van der Waals surface area (Å²) in [5.41, 5.74) is 0. The summed E-state index contributed by atoms with van der Waals surface area (Å²) in [6, 6.07) is 0. The van der Waals surface area contributed by atoms with E-state index in [2.05, 4.69) is 4.74 Å². The third-order valence-corrected chi connectivity index (χ3v) is 1.91. The van der Waals surface area contributed by atoms with E-state index in [4.69, 9.17) is 9.84 Å². The molecule has 1 heterocycles. The van der Waals surface area contributed by atoms with Crippen LogP contribution in [0.4, 0.5) is 4.79 Å². The van der Waals surface area contributed by atoms with Crippen LogP contribution >= 0.6 is 0 Å². The van der Waals surface area contributed by atoms with E-state index in [1.165, 1.54) is 7.11 Å². The maximum atomic E-state index is 10.5. The smallest absolute Gasteiger partial charge is 0.407 e. The van der Waals surface area contributed by atoms with Crippen LogP contribution in [0.15, 0.2) is 0 Å². The lowest BCUT2D eigenvalue weighted by molar-refractivity contribution is -0.0954. The van der Waals surface area contributed by atoms with Crippen molar-refractivity contribution in [2.75, 3.05) is 27.0 Å². The number of rotatable bonds is 3. The number of hydrogen-bond acceptors (Lipinski definition) is 4. The number of carboxylic acid groups (broad SMARTS) is 1. The van der Waals surface area contributed by atoms with Crippen LogP contribution in [0, 0.1) is 0 Å². The van der Waals surface area contributed by atoms with Gasteiger partial charge in [0.2, 0.25) is 0 Å². The highest BCUT2D eigenvalue weighted by Crippen LogP contribution is 2.13. The third-order valence-electron chi connectivity index (χ3n) is 1.91. The van der Waals surface area contributed by atoms with Gasteiger partial charge in [-0.1, -0.05) is 0 Å². The van der Waals surface area contributed by atoms with Crippen LogP contribution in [0.5, 0.6) is 0 Å². The van der Waals surface area contributed by atoms with Gasteiger partial charge in [0.25, 0.3) is 0 Å². The number of carbonyl (C=O) groups is 1. The van der Waals surface area contributed by atoms with Crippen LogP contribution in [0.3, 0.4) is 0 Å². The lowest BCUT2D eigenvalue weighted by Gasteiger charge is -2.13. The molecule has 1 aliphatic rings. The molecule has 1 saturated heterocycles. The van der Waals surface area contributed by atoms with Crippen molar-refractivity contribution < 1.29 is 24.5 Å². The average molecular weight is 191 g/mol. The molecule has 0 spiro atoms. The Morgan fingerprint density at radius 3 is 2.77 bits per heavy atom. The molecule has 1 aliphatic heterocycles. The van der Waals surface area contributed by atoms with Gasteiger partial charge in [0, 0.05) is 7.11 Å². The summed E-state index contributed by atoms with van der Waals surface area (Å²) in [6.07, 6.45) is -2.27. The monoisotopic (exact) mass is 191 g/mol. The summed E-state index contributed by atoms with van der Waals surface area (Å²) in [7, 11) is 1.47. The summed E-state index contributed by atoms with van der Waals surface area (Å²) < 4.78 is 9.72. The maximum Gasteiger partial charge on any atom is 0.407 e. The Hall–Kier alpha value is -0.850. The van der Waals surface area contributed by atoms with E-state index < -0.39 is 18.3 Å². The number of methoxy groups -OCH3 is 1. The fourth-order valence-corrected chi connectivity index (χ4v) is 1.23. The minimum atomic E-state index is -1.04. The second-order valence-corrected chi connectivity index (χ2v) is 2.87. The highest BCUT2D eigenvalue weighted by molar-refractivity contribution is 5.65. The van der Waals surface area contributed by atoms with Crippen molar-refractivity contribution in [3.63, 3.8) is 0 Å². The van der Waals surface area contributed by atoms with E-state index in [0.29, 0.717) is 0 Å². The molecule has 2 N–H and O–H groups in total. The van der Waals surface area contributed by atoms with Crippen molar-refractivity contribution in [3.05, 3.63) is 0 Å². The van der Waals surface area contributed by atoms with Crippen molar-refractivity contribution in [1.29, 1.82) is 0 Å². The quantitative estimate of drug-likeness (QED) is 0.578. The Bertz CT molecular complexity index is 186. The van der Waals surface area contributed by atoms with Gasteiger partial charge in [0.05, 0.1) is 19.2 Å². The number of likely N-dealkylation sites (tertiary alicyclic amines) is 1. The molecule has 0 aliphatic carbocycles. The minimum absolute atomic E-state index is 0.0647. The molecule has 6 nitrogen and oxygen atoms in total. The van der Waals surface area contributed by atoms with E-state index >= 15 is 0 Å². The summed E-state index contributed by atoms with van der Waals surface area (Å²) in [5.74, 6) is 0. The number of amides is 1.